The van der Waals surface area contributed by atoms with E-state index in [4.69, 9.17) is 5.73 Å². The maximum absolute atomic E-state index is 12.4. The van der Waals surface area contributed by atoms with E-state index in [1.807, 2.05) is 23.3 Å². The van der Waals surface area contributed by atoms with Gasteiger partial charge in [0.25, 0.3) is 5.91 Å². The van der Waals surface area contributed by atoms with Gasteiger partial charge < -0.3 is 10.6 Å². The Bertz CT molecular complexity index is 411. The lowest BCUT2D eigenvalue weighted by molar-refractivity contribution is 0.0584. The van der Waals surface area contributed by atoms with Crippen LogP contribution >= 0.6 is 46.3 Å². The second-order valence-corrected chi connectivity index (χ2v) is 7.37. The summed E-state index contributed by atoms with van der Waals surface area (Å²) in [4.78, 5) is 14.4. The predicted molar refractivity (Wildman–Crippen MR) is 86.6 cm³/mol. The molecule has 0 radical (unpaired) electrons. The summed E-state index contributed by atoms with van der Waals surface area (Å²) in [6.07, 6.45) is 3.30. The molecule has 1 aromatic heterocycles. The lowest BCUT2D eigenvalue weighted by atomic mass is 9.96. The minimum absolute atomic E-state index is 0. The van der Waals surface area contributed by atoms with Crippen LogP contribution < -0.4 is 5.73 Å². The fourth-order valence-corrected chi connectivity index (χ4v) is 3.66. The Morgan fingerprint density at radius 2 is 2.33 bits per heavy atom. The Morgan fingerprint density at radius 1 is 1.61 bits per heavy atom. The minimum atomic E-state index is 0. The normalized spacial score (nSPS) is 21.3. The number of likely N-dealkylation sites (tertiary alicyclic amines) is 1. The fraction of sp³-hybridized carbons (Fsp3) is 0.583. The third kappa shape index (κ3) is 3.59. The summed E-state index contributed by atoms with van der Waals surface area (Å²) in [6.45, 7) is 2.84. The molecule has 102 valence electrons. The number of carbonyl (C=O) groups is 1. The van der Waals surface area contributed by atoms with Gasteiger partial charge in [0.05, 0.1) is 8.45 Å². The first-order valence-electron chi connectivity index (χ1n) is 5.90. The molecule has 1 saturated heterocycles. The van der Waals surface area contributed by atoms with Crippen molar-refractivity contribution in [3.63, 3.8) is 0 Å². The van der Waals surface area contributed by atoms with Gasteiger partial charge in [-0.3, -0.25) is 4.79 Å². The molecule has 2 atom stereocenters. The van der Waals surface area contributed by atoms with Crippen molar-refractivity contribution in [2.24, 2.45) is 5.73 Å². The van der Waals surface area contributed by atoms with Crippen molar-refractivity contribution in [2.45, 2.75) is 38.3 Å². The van der Waals surface area contributed by atoms with Crippen LogP contribution in [0.25, 0.3) is 0 Å². The average Bonchev–Trinajstić information content (AvgIpc) is 2.75. The molecule has 2 heterocycles. The Morgan fingerprint density at radius 3 is 2.89 bits per heavy atom. The van der Waals surface area contributed by atoms with Crippen LogP contribution in [0.2, 0.25) is 0 Å². The number of piperidine rings is 1. The number of nitrogens with two attached hydrogens (primary N) is 1. The van der Waals surface area contributed by atoms with Gasteiger partial charge in [-0.15, -0.1) is 23.7 Å². The van der Waals surface area contributed by atoms with E-state index in [1.165, 1.54) is 6.42 Å². The first-order chi connectivity index (χ1) is 8.09. The highest BCUT2D eigenvalue weighted by atomic mass is 127. The van der Waals surface area contributed by atoms with Crippen molar-refractivity contribution in [3.05, 3.63) is 19.9 Å². The van der Waals surface area contributed by atoms with E-state index in [9.17, 15) is 4.79 Å². The zero-order valence-corrected chi connectivity index (χ0v) is 14.1. The van der Waals surface area contributed by atoms with Crippen molar-refractivity contribution in [1.29, 1.82) is 0 Å². The van der Waals surface area contributed by atoms with Crippen LogP contribution in [0.15, 0.2) is 11.4 Å². The summed E-state index contributed by atoms with van der Waals surface area (Å²) in [7, 11) is 0. The smallest absolute Gasteiger partial charge is 0.255 e. The van der Waals surface area contributed by atoms with Crippen LogP contribution in [-0.2, 0) is 0 Å². The standard InChI is InChI=1S/C12H17IN2OS.ClH/c1-8(14)10-4-2-3-5-15(10)12(16)9-6-11(13)17-7-9;/h6-8,10H,2-5,14H2,1H3;1H. The molecule has 1 amide bonds. The van der Waals surface area contributed by atoms with E-state index in [0.717, 1.165) is 27.8 Å². The molecule has 2 rings (SSSR count). The van der Waals surface area contributed by atoms with Crippen LogP contribution in [0.5, 0.6) is 0 Å². The van der Waals surface area contributed by atoms with Crippen LogP contribution in [0.4, 0.5) is 0 Å². The molecular weight excluding hydrogens is 383 g/mol. The van der Waals surface area contributed by atoms with Gasteiger partial charge in [-0.25, -0.2) is 0 Å². The van der Waals surface area contributed by atoms with Gasteiger partial charge >= 0.3 is 0 Å². The summed E-state index contributed by atoms with van der Waals surface area (Å²) in [6, 6.07) is 2.21. The lowest BCUT2D eigenvalue weighted by Gasteiger charge is -2.37. The third-order valence-corrected chi connectivity index (χ3v) is 5.02. The Hall–Kier alpha value is 0.150. The number of hydrogen-bond donors (Lipinski definition) is 1. The molecule has 6 heteroatoms. The first kappa shape index (κ1) is 16.2. The van der Waals surface area contributed by atoms with Crippen molar-refractivity contribution in [2.75, 3.05) is 6.54 Å². The third-order valence-electron chi connectivity index (χ3n) is 3.23. The van der Waals surface area contributed by atoms with Crippen LogP contribution in [-0.4, -0.2) is 29.4 Å². The van der Waals surface area contributed by atoms with Crippen molar-refractivity contribution >= 4 is 52.2 Å². The molecule has 0 aliphatic carbocycles. The van der Waals surface area contributed by atoms with E-state index in [0.29, 0.717) is 0 Å². The van der Waals surface area contributed by atoms with Gasteiger partial charge in [-0.1, -0.05) is 0 Å². The van der Waals surface area contributed by atoms with E-state index in [-0.39, 0.29) is 30.4 Å². The summed E-state index contributed by atoms with van der Waals surface area (Å²) < 4.78 is 1.15. The molecule has 0 bridgehead atoms. The molecule has 1 aliphatic heterocycles. The fourth-order valence-electron chi connectivity index (χ4n) is 2.34. The number of hydrogen-bond acceptors (Lipinski definition) is 3. The van der Waals surface area contributed by atoms with Crippen LogP contribution in [0, 0.1) is 2.88 Å². The van der Waals surface area contributed by atoms with Gasteiger partial charge in [0.2, 0.25) is 0 Å². The second kappa shape index (κ2) is 7.07. The van der Waals surface area contributed by atoms with E-state index in [2.05, 4.69) is 22.6 Å². The topological polar surface area (TPSA) is 46.3 Å². The maximum atomic E-state index is 12.4. The first-order valence-corrected chi connectivity index (χ1v) is 7.86. The Labute approximate surface area is 132 Å². The van der Waals surface area contributed by atoms with Gasteiger partial charge in [-0.2, -0.15) is 0 Å². The maximum Gasteiger partial charge on any atom is 0.255 e. The van der Waals surface area contributed by atoms with E-state index >= 15 is 0 Å². The molecule has 0 saturated carbocycles. The quantitative estimate of drug-likeness (QED) is 0.775. The monoisotopic (exact) mass is 400 g/mol. The number of amides is 1. The Balaban J connectivity index is 0.00000162. The van der Waals surface area contributed by atoms with Gasteiger partial charge in [0, 0.05) is 24.0 Å². The van der Waals surface area contributed by atoms with Crippen molar-refractivity contribution < 1.29 is 4.79 Å². The van der Waals surface area contributed by atoms with Gasteiger partial charge in [-0.05, 0) is 54.8 Å². The van der Waals surface area contributed by atoms with Crippen molar-refractivity contribution in [3.8, 4) is 0 Å². The van der Waals surface area contributed by atoms with Crippen LogP contribution in [0.1, 0.15) is 36.5 Å². The lowest BCUT2D eigenvalue weighted by Crippen LogP contribution is -2.51. The molecule has 3 nitrogen and oxygen atoms in total. The SMILES string of the molecule is CC(N)C1CCCCN1C(=O)c1csc(I)c1.Cl. The highest BCUT2D eigenvalue weighted by Gasteiger charge is 2.30. The second-order valence-electron chi connectivity index (χ2n) is 4.56. The zero-order chi connectivity index (χ0) is 12.4. The molecule has 0 aromatic carbocycles. The Kier molecular flexibility index (Phi) is 6.37. The highest BCUT2D eigenvalue weighted by Crippen LogP contribution is 2.24. The number of halogens is 2. The highest BCUT2D eigenvalue weighted by molar-refractivity contribution is 14.1. The predicted octanol–water partition coefficient (Wildman–Crippen LogP) is 3.12. The summed E-state index contributed by atoms with van der Waals surface area (Å²) in [5.74, 6) is 0.145. The molecule has 1 aromatic rings. The number of nitrogens with zero attached hydrogens (tertiary/aromatic N) is 1. The zero-order valence-electron chi connectivity index (χ0n) is 10.3. The average molecular weight is 401 g/mol. The van der Waals surface area contributed by atoms with E-state index in [1.54, 1.807) is 11.3 Å². The number of carbonyl (C=O) groups excluding carboxylic acids is 1. The summed E-state index contributed by atoms with van der Waals surface area (Å²) in [5.41, 5.74) is 6.80. The summed E-state index contributed by atoms with van der Waals surface area (Å²) in [5, 5.41) is 1.94. The van der Waals surface area contributed by atoms with Crippen LogP contribution in [0.3, 0.4) is 0 Å². The molecule has 18 heavy (non-hydrogen) atoms. The molecular formula is C12H18ClIN2OS. The van der Waals surface area contributed by atoms with Crippen molar-refractivity contribution in [1.82, 2.24) is 4.90 Å². The van der Waals surface area contributed by atoms with Gasteiger partial charge in [0.1, 0.15) is 0 Å². The molecule has 0 spiro atoms. The molecule has 2 N–H and O–H groups in total. The largest absolute Gasteiger partial charge is 0.334 e. The molecule has 2 unspecified atom stereocenters. The molecule has 1 aliphatic rings. The minimum Gasteiger partial charge on any atom is -0.334 e. The van der Waals surface area contributed by atoms with E-state index < -0.39 is 0 Å². The molecule has 1 fully saturated rings. The number of thiophene rings is 1. The van der Waals surface area contributed by atoms with Gasteiger partial charge in [0.15, 0.2) is 0 Å². The summed E-state index contributed by atoms with van der Waals surface area (Å²) >= 11 is 3.86. The number of rotatable bonds is 2.